The molecule has 0 unspecified atom stereocenters. The maximum absolute atomic E-state index is 12.8. The van der Waals surface area contributed by atoms with Crippen molar-refractivity contribution >= 4 is 11.9 Å². The number of benzene rings is 1. The number of likely N-dealkylation sites (N-methyl/N-ethyl adjacent to an activating group) is 1. The van der Waals surface area contributed by atoms with Gasteiger partial charge in [0.1, 0.15) is 0 Å². The van der Waals surface area contributed by atoms with Gasteiger partial charge in [0, 0.05) is 13.6 Å². The number of rotatable bonds is 5. The zero-order valence-electron chi connectivity index (χ0n) is 11.8. The molecule has 1 aromatic rings. The number of carbonyl (C=O) groups is 2. The molecule has 4 heteroatoms. The molecule has 20 heavy (non-hydrogen) atoms. The van der Waals surface area contributed by atoms with Crippen LogP contribution in [-0.4, -0.2) is 35.5 Å². The minimum Gasteiger partial charge on any atom is -0.481 e. The maximum atomic E-state index is 12.8. The van der Waals surface area contributed by atoms with E-state index < -0.39 is 11.4 Å². The highest BCUT2D eigenvalue weighted by atomic mass is 16.4. The molecule has 0 heterocycles. The average molecular weight is 275 g/mol. The first-order valence-corrected chi connectivity index (χ1v) is 7.09. The zero-order valence-corrected chi connectivity index (χ0v) is 11.8. The summed E-state index contributed by atoms with van der Waals surface area (Å²) in [6.45, 7) is 0.267. The van der Waals surface area contributed by atoms with Crippen LogP contribution in [0.5, 0.6) is 0 Å². The van der Waals surface area contributed by atoms with Crippen LogP contribution in [0.4, 0.5) is 0 Å². The van der Waals surface area contributed by atoms with E-state index in [0.29, 0.717) is 0 Å². The Morgan fingerprint density at radius 3 is 2.35 bits per heavy atom. The number of carboxylic acids is 1. The largest absolute Gasteiger partial charge is 0.481 e. The van der Waals surface area contributed by atoms with Gasteiger partial charge in [0.05, 0.1) is 11.8 Å². The Hall–Kier alpha value is -1.84. The highest BCUT2D eigenvalue weighted by Crippen LogP contribution is 2.42. The second kappa shape index (κ2) is 6.07. The highest BCUT2D eigenvalue weighted by molar-refractivity contribution is 5.88. The van der Waals surface area contributed by atoms with Crippen LogP contribution in [0.25, 0.3) is 0 Å². The molecule has 0 atom stereocenters. The first kappa shape index (κ1) is 14.6. The van der Waals surface area contributed by atoms with Gasteiger partial charge in [-0.25, -0.2) is 0 Å². The first-order valence-electron chi connectivity index (χ1n) is 7.09. The summed E-state index contributed by atoms with van der Waals surface area (Å²) in [5.74, 6) is -0.813. The van der Waals surface area contributed by atoms with E-state index in [0.717, 1.165) is 31.2 Å². The first-order chi connectivity index (χ1) is 9.56. The summed E-state index contributed by atoms with van der Waals surface area (Å²) in [4.78, 5) is 25.0. The van der Waals surface area contributed by atoms with Gasteiger partial charge in [0.2, 0.25) is 5.91 Å². The van der Waals surface area contributed by atoms with Gasteiger partial charge in [0.25, 0.3) is 0 Å². The summed E-state index contributed by atoms with van der Waals surface area (Å²) in [5, 5.41) is 8.75. The summed E-state index contributed by atoms with van der Waals surface area (Å²) in [6.07, 6.45) is 3.80. The molecule has 0 saturated heterocycles. The number of nitrogens with zero attached hydrogens (tertiary/aromatic N) is 1. The molecule has 0 spiro atoms. The van der Waals surface area contributed by atoms with Crippen LogP contribution >= 0.6 is 0 Å². The predicted octanol–water partition coefficient (Wildman–Crippen LogP) is 2.43. The van der Waals surface area contributed by atoms with Crippen molar-refractivity contribution in [3.63, 3.8) is 0 Å². The molecule has 1 amide bonds. The number of carboxylic acid groups (broad SMARTS) is 1. The summed E-state index contributed by atoms with van der Waals surface area (Å²) in [7, 11) is 1.70. The van der Waals surface area contributed by atoms with Crippen molar-refractivity contribution < 1.29 is 14.7 Å². The molecule has 1 fully saturated rings. The third-order valence-corrected chi connectivity index (χ3v) is 4.20. The van der Waals surface area contributed by atoms with Crippen molar-refractivity contribution in [2.45, 2.75) is 37.5 Å². The number of carbonyl (C=O) groups excluding carboxylic acids is 1. The van der Waals surface area contributed by atoms with Gasteiger partial charge in [-0.05, 0) is 18.4 Å². The van der Waals surface area contributed by atoms with Gasteiger partial charge in [-0.3, -0.25) is 9.59 Å². The van der Waals surface area contributed by atoms with Gasteiger partial charge in [-0.1, -0.05) is 43.2 Å². The summed E-state index contributed by atoms with van der Waals surface area (Å²) >= 11 is 0. The van der Waals surface area contributed by atoms with Gasteiger partial charge in [0.15, 0.2) is 0 Å². The van der Waals surface area contributed by atoms with Gasteiger partial charge >= 0.3 is 5.97 Å². The Labute approximate surface area is 119 Å². The fraction of sp³-hybridized carbons (Fsp3) is 0.500. The van der Waals surface area contributed by atoms with E-state index in [1.54, 1.807) is 11.9 Å². The number of amides is 1. The van der Waals surface area contributed by atoms with E-state index >= 15 is 0 Å². The molecule has 0 radical (unpaired) electrons. The lowest BCUT2D eigenvalue weighted by Crippen LogP contribution is -2.44. The lowest BCUT2D eigenvalue weighted by Gasteiger charge is -2.32. The van der Waals surface area contributed by atoms with Crippen LogP contribution in [0.3, 0.4) is 0 Å². The molecule has 1 aliphatic carbocycles. The Balaban J connectivity index is 2.20. The summed E-state index contributed by atoms with van der Waals surface area (Å²) in [5.41, 5.74) is 0.610. The number of aliphatic carboxylic acids is 1. The van der Waals surface area contributed by atoms with E-state index in [1.165, 1.54) is 0 Å². The molecule has 1 aliphatic rings. The fourth-order valence-corrected chi connectivity index (χ4v) is 3.09. The second-order valence-corrected chi connectivity index (χ2v) is 5.53. The van der Waals surface area contributed by atoms with E-state index in [9.17, 15) is 9.59 Å². The molecule has 4 nitrogen and oxygen atoms in total. The van der Waals surface area contributed by atoms with Crippen LogP contribution in [-0.2, 0) is 15.0 Å². The van der Waals surface area contributed by atoms with Gasteiger partial charge in [-0.2, -0.15) is 0 Å². The smallest absolute Gasteiger partial charge is 0.305 e. The minimum absolute atomic E-state index is 0.00684. The van der Waals surface area contributed by atoms with Crippen molar-refractivity contribution in [1.29, 1.82) is 0 Å². The monoisotopic (exact) mass is 275 g/mol. The molecule has 1 saturated carbocycles. The van der Waals surface area contributed by atoms with E-state index in [2.05, 4.69) is 0 Å². The second-order valence-electron chi connectivity index (χ2n) is 5.53. The van der Waals surface area contributed by atoms with Crippen LogP contribution in [0.15, 0.2) is 30.3 Å². The average Bonchev–Trinajstić information content (AvgIpc) is 2.95. The molecule has 108 valence electrons. The Bertz CT molecular complexity index is 478. The van der Waals surface area contributed by atoms with Crippen molar-refractivity contribution in [3.8, 4) is 0 Å². The summed E-state index contributed by atoms with van der Waals surface area (Å²) in [6, 6.07) is 9.88. The van der Waals surface area contributed by atoms with E-state index in [4.69, 9.17) is 5.11 Å². The van der Waals surface area contributed by atoms with Crippen molar-refractivity contribution in [1.82, 2.24) is 4.90 Å². The Kier molecular flexibility index (Phi) is 4.42. The molecule has 1 N–H and O–H groups in total. The highest BCUT2D eigenvalue weighted by Gasteiger charge is 2.43. The standard InChI is InChI=1S/C16H21NO3/c1-17(12-9-14(18)19)15(20)16(10-5-6-11-16)13-7-3-2-4-8-13/h2-4,7-8H,5-6,9-12H2,1H3,(H,18,19). The van der Waals surface area contributed by atoms with Gasteiger partial charge in [-0.15, -0.1) is 0 Å². The van der Waals surface area contributed by atoms with E-state index in [1.807, 2.05) is 30.3 Å². The van der Waals surface area contributed by atoms with Crippen molar-refractivity contribution in [2.75, 3.05) is 13.6 Å². The maximum Gasteiger partial charge on any atom is 0.305 e. The summed E-state index contributed by atoms with van der Waals surface area (Å²) < 4.78 is 0. The predicted molar refractivity (Wildman–Crippen MR) is 76.5 cm³/mol. The quantitative estimate of drug-likeness (QED) is 0.898. The lowest BCUT2D eigenvalue weighted by molar-refractivity contribution is -0.139. The van der Waals surface area contributed by atoms with Crippen molar-refractivity contribution in [2.24, 2.45) is 0 Å². The minimum atomic E-state index is -0.871. The molecular weight excluding hydrogens is 254 g/mol. The number of hydrogen-bond acceptors (Lipinski definition) is 2. The lowest BCUT2D eigenvalue weighted by atomic mass is 9.77. The van der Waals surface area contributed by atoms with E-state index in [-0.39, 0.29) is 18.9 Å². The van der Waals surface area contributed by atoms with Gasteiger partial charge < -0.3 is 10.0 Å². The molecule has 0 bridgehead atoms. The van der Waals surface area contributed by atoms with Crippen molar-refractivity contribution in [3.05, 3.63) is 35.9 Å². The molecule has 0 aliphatic heterocycles. The van der Waals surface area contributed by atoms with Crippen LogP contribution < -0.4 is 0 Å². The molecular formula is C16H21NO3. The third-order valence-electron chi connectivity index (χ3n) is 4.20. The Morgan fingerprint density at radius 1 is 1.20 bits per heavy atom. The normalized spacial score (nSPS) is 16.9. The third kappa shape index (κ3) is 2.84. The molecule has 0 aromatic heterocycles. The van der Waals surface area contributed by atoms with Crippen LogP contribution in [0.2, 0.25) is 0 Å². The topological polar surface area (TPSA) is 57.6 Å². The fourth-order valence-electron chi connectivity index (χ4n) is 3.09. The van der Waals surface area contributed by atoms with Crippen LogP contribution in [0, 0.1) is 0 Å². The number of hydrogen-bond donors (Lipinski definition) is 1. The molecule has 2 rings (SSSR count). The van der Waals surface area contributed by atoms with Crippen LogP contribution in [0.1, 0.15) is 37.7 Å². The Morgan fingerprint density at radius 2 is 1.80 bits per heavy atom. The SMILES string of the molecule is CN(CCC(=O)O)C(=O)C1(c2ccccc2)CCCC1. The zero-order chi connectivity index (χ0) is 14.6. The molecule has 1 aromatic carbocycles.